The van der Waals surface area contributed by atoms with E-state index in [1.165, 1.54) is 50.7 Å². The van der Waals surface area contributed by atoms with Crippen LogP contribution in [0.2, 0.25) is 0 Å². The molecule has 1 amide bonds. The highest BCUT2D eigenvalue weighted by Gasteiger charge is 2.30. The molecule has 0 fully saturated rings. The Balaban J connectivity index is 1.89. The summed E-state index contributed by atoms with van der Waals surface area (Å²) in [6, 6.07) is 9.17. The molecule has 0 saturated carbocycles. The fraction of sp³-hybridized carbons (Fsp3) is 0.607. The summed E-state index contributed by atoms with van der Waals surface area (Å²) in [5.74, 6) is 0.0943. The van der Waals surface area contributed by atoms with Crippen LogP contribution in [0.15, 0.2) is 42.6 Å². The third-order valence-corrected chi connectivity index (χ3v) is 6.30. The molecule has 2 rings (SSSR count). The number of methoxy groups -OCH3 is 1. The van der Waals surface area contributed by atoms with Gasteiger partial charge in [0.05, 0.1) is 18.7 Å². The molecule has 1 aromatic heterocycles. The lowest BCUT2D eigenvalue weighted by Gasteiger charge is -2.23. The van der Waals surface area contributed by atoms with Gasteiger partial charge in [-0.15, -0.1) is 0 Å². The average molecular weight is 495 g/mol. The molecule has 1 aromatic carbocycles. The number of halogens is 3. The van der Waals surface area contributed by atoms with Crippen molar-refractivity contribution in [3.8, 4) is 0 Å². The van der Waals surface area contributed by atoms with E-state index in [-0.39, 0.29) is 5.91 Å². The molecule has 2 aromatic rings. The lowest BCUT2D eigenvalue weighted by atomic mass is 10.1. The quantitative estimate of drug-likeness (QED) is 0.214. The number of ether oxygens (including phenoxy) is 1. The van der Waals surface area contributed by atoms with Crippen molar-refractivity contribution < 1.29 is 22.7 Å². The van der Waals surface area contributed by atoms with Crippen molar-refractivity contribution >= 4 is 5.91 Å². The summed E-state index contributed by atoms with van der Waals surface area (Å²) in [4.78, 5) is 14.7. The van der Waals surface area contributed by atoms with Crippen LogP contribution in [-0.2, 0) is 28.8 Å². The third kappa shape index (κ3) is 10.9. The van der Waals surface area contributed by atoms with E-state index in [4.69, 9.17) is 4.74 Å². The van der Waals surface area contributed by atoms with Crippen molar-refractivity contribution in [2.75, 3.05) is 20.3 Å². The van der Waals surface area contributed by atoms with Gasteiger partial charge in [-0.05, 0) is 36.2 Å². The summed E-state index contributed by atoms with van der Waals surface area (Å²) >= 11 is 0. The first kappa shape index (κ1) is 29.0. The van der Waals surface area contributed by atoms with E-state index in [1.807, 2.05) is 22.9 Å². The van der Waals surface area contributed by atoms with Crippen LogP contribution in [0.3, 0.4) is 0 Å². The molecular weight excluding hydrogens is 453 g/mol. The molecule has 7 heteroatoms. The number of amides is 1. The first-order chi connectivity index (χ1) is 16.8. The number of hydrogen-bond donors (Lipinski definition) is 0. The molecular formula is C28H41F3N2O2. The van der Waals surface area contributed by atoms with Gasteiger partial charge < -0.3 is 14.2 Å². The van der Waals surface area contributed by atoms with Gasteiger partial charge in [-0.25, -0.2) is 0 Å². The molecule has 196 valence electrons. The van der Waals surface area contributed by atoms with E-state index < -0.39 is 11.7 Å². The SMILES string of the molecule is CCCCCCCCCCCC(=O)N(CCOC)Cc1cccn1Cc1cccc(C(F)(F)F)c1. The summed E-state index contributed by atoms with van der Waals surface area (Å²) in [6.07, 6.45) is 8.79. The lowest BCUT2D eigenvalue weighted by molar-refractivity contribution is -0.137. The predicted octanol–water partition coefficient (Wildman–Crippen LogP) is 7.45. The zero-order valence-corrected chi connectivity index (χ0v) is 21.3. The summed E-state index contributed by atoms with van der Waals surface area (Å²) in [6.45, 7) is 3.88. The van der Waals surface area contributed by atoms with E-state index in [0.717, 1.165) is 31.0 Å². The second kappa shape index (κ2) is 15.7. The second-order valence-electron chi connectivity index (χ2n) is 9.21. The van der Waals surface area contributed by atoms with Gasteiger partial charge in [0.1, 0.15) is 0 Å². The number of hydrogen-bond acceptors (Lipinski definition) is 2. The standard InChI is InChI=1S/C28H41F3N2O2/c1-3-4-5-6-7-8-9-10-11-17-27(34)33(19-20-35-2)23-26-16-13-18-32(26)22-24-14-12-15-25(21-24)28(29,30)31/h12-16,18,21H,3-11,17,19-20,22-23H2,1-2H3. The minimum Gasteiger partial charge on any atom is -0.383 e. The van der Waals surface area contributed by atoms with Crippen LogP contribution in [0, 0.1) is 0 Å². The van der Waals surface area contributed by atoms with Crippen molar-refractivity contribution in [1.29, 1.82) is 0 Å². The normalized spacial score (nSPS) is 11.7. The maximum absolute atomic E-state index is 13.1. The first-order valence-corrected chi connectivity index (χ1v) is 12.9. The van der Waals surface area contributed by atoms with Gasteiger partial charge in [0.2, 0.25) is 5.91 Å². The molecule has 0 unspecified atom stereocenters. The molecule has 0 aliphatic carbocycles. The number of unbranched alkanes of at least 4 members (excludes halogenated alkanes) is 8. The minimum absolute atomic E-state index is 0.0943. The highest BCUT2D eigenvalue weighted by molar-refractivity contribution is 5.76. The first-order valence-electron chi connectivity index (χ1n) is 12.9. The van der Waals surface area contributed by atoms with E-state index in [1.54, 1.807) is 18.1 Å². The fourth-order valence-corrected chi connectivity index (χ4v) is 4.22. The van der Waals surface area contributed by atoms with Gasteiger partial charge in [0.25, 0.3) is 0 Å². The summed E-state index contributed by atoms with van der Waals surface area (Å²) < 4.78 is 46.3. The van der Waals surface area contributed by atoms with Crippen LogP contribution >= 0.6 is 0 Å². The molecule has 0 bridgehead atoms. The van der Waals surface area contributed by atoms with Gasteiger partial charge in [-0.3, -0.25) is 4.79 Å². The molecule has 0 saturated heterocycles. The van der Waals surface area contributed by atoms with Crippen LogP contribution < -0.4 is 0 Å². The molecule has 0 aliphatic rings. The van der Waals surface area contributed by atoms with Crippen molar-refractivity contribution in [2.24, 2.45) is 0 Å². The minimum atomic E-state index is -4.37. The molecule has 4 nitrogen and oxygen atoms in total. The predicted molar refractivity (Wildman–Crippen MR) is 134 cm³/mol. The smallest absolute Gasteiger partial charge is 0.383 e. The maximum Gasteiger partial charge on any atom is 0.416 e. The van der Waals surface area contributed by atoms with Crippen molar-refractivity contribution in [3.63, 3.8) is 0 Å². The van der Waals surface area contributed by atoms with Crippen LogP contribution in [0.4, 0.5) is 13.2 Å². The third-order valence-electron chi connectivity index (χ3n) is 6.30. The molecule has 0 atom stereocenters. The Morgan fingerprint density at radius 2 is 1.66 bits per heavy atom. The fourth-order valence-electron chi connectivity index (χ4n) is 4.22. The number of aromatic nitrogens is 1. The highest BCUT2D eigenvalue weighted by atomic mass is 19.4. The van der Waals surface area contributed by atoms with Gasteiger partial charge in [0, 0.05) is 38.5 Å². The number of carbonyl (C=O) groups excluding carboxylic acids is 1. The zero-order valence-electron chi connectivity index (χ0n) is 21.3. The van der Waals surface area contributed by atoms with Gasteiger partial charge in [0.15, 0.2) is 0 Å². The van der Waals surface area contributed by atoms with Crippen LogP contribution in [0.1, 0.15) is 88.0 Å². The topological polar surface area (TPSA) is 34.5 Å². The average Bonchev–Trinajstić information content (AvgIpc) is 3.26. The largest absolute Gasteiger partial charge is 0.416 e. The molecule has 0 N–H and O–H groups in total. The van der Waals surface area contributed by atoms with E-state index in [9.17, 15) is 18.0 Å². The van der Waals surface area contributed by atoms with Crippen LogP contribution in [0.25, 0.3) is 0 Å². The van der Waals surface area contributed by atoms with Crippen LogP contribution in [-0.4, -0.2) is 35.6 Å². The summed E-state index contributed by atoms with van der Waals surface area (Å²) in [7, 11) is 1.61. The Hall–Kier alpha value is -2.28. The monoisotopic (exact) mass is 494 g/mol. The highest BCUT2D eigenvalue weighted by Crippen LogP contribution is 2.29. The zero-order chi connectivity index (χ0) is 25.5. The van der Waals surface area contributed by atoms with Gasteiger partial charge in [-0.1, -0.05) is 70.4 Å². The molecule has 0 spiro atoms. The Kier molecular flexibility index (Phi) is 13.0. The van der Waals surface area contributed by atoms with E-state index in [2.05, 4.69) is 6.92 Å². The summed E-state index contributed by atoms with van der Waals surface area (Å²) in [5, 5.41) is 0. The molecule has 35 heavy (non-hydrogen) atoms. The maximum atomic E-state index is 13.1. The number of benzene rings is 1. The Morgan fingerprint density at radius 1 is 0.971 bits per heavy atom. The number of alkyl halides is 3. The van der Waals surface area contributed by atoms with Crippen molar-refractivity contribution in [3.05, 3.63) is 59.4 Å². The van der Waals surface area contributed by atoms with Gasteiger partial charge >= 0.3 is 6.18 Å². The number of nitrogens with zero attached hydrogens (tertiary/aromatic N) is 2. The Bertz CT molecular complexity index is 864. The molecule has 0 aliphatic heterocycles. The summed E-state index contributed by atoms with van der Waals surface area (Å²) in [5.41, 5.74) is 0.808. The Labute approximate surface area is 208 Å². The Morgan fingerprint density at radius 3 is 2.31 bits per heavy atom. The molecule has 1 heterocycles. The molecule has 0 radical (unpaired) electrons. The van der Waals surface area contributed by atoms with Crippen LogP contribution in [0.5, 0.6) is 0 Å². The lowest BCUT2D eigenvalue weighted by Crippen LogP contribution is -2.34. The van der Waals surface area contributed by atoms with E-state index in [0.29, 0.717) is 38.2 Å². The number of rotatable bonds is 17. The second-order valence-corrected chi connectivity index (χ2v) is 9.21. The van der Waals surface area contributed by atoms with Crippen molar-refractivity contribution in [2.45, 2.75) is 90.4 Å². The van der Waals surface area contributed by atoms with E-state index >= 15 is 0 Å². The van der Waals surface area contributed by atoms with Gasteiger partial charge in [-0.2, -0.15) is 13.2 Å². The van der Waals surface area contributed by atoms with Crippen molar-refractivity contribution in [1.82, 2.24) is 9.47 Å². The number of carbonyl (C=O) groups is 1.